The van der Waals surface area contributed by atoms with Crippen molar-refractivity contribution in [2.24, 2.45) is 10.7 Å². The molecule has 0 saturated heterocycles. The molecule has 1 amide bonds. The summed E-state index contributed by atoms with van der Waals surface area (Å²) in [5.74, 6) is 1.31. The summed E-state index contributed by atoms with van der Waals surface area (Å²) in [6, 6.07) is 15.0. The van der Waals surface area contributed by atoms with Crippen LogP contribution in [0.5, 0.6) is 5.75 Å². The van der Waals surface area contributed by atoms with Gasteiger partial charge in [-0.25, -0.2) is 0 Å². The molecule has 3 N–H and O–H groups in total. The zero-order valence-electron chi connectivity index (χ0n) is 13.4. The molecule has 5 nitrogen and oxygen atoms in total. The van der Waals surface area contributed by atoms with Crippen molar-refractivity contribution < 1.29 is 9.53 Å². The maximum atomic E-state index is 11.5. The lowest BCUT2D eigenvalue weighted by molar-refractivity contribution is 0.1000. The predicted molar refractivity (Wildman–Crippen MR) is 97.7 cm³/mol. The SMILES string of the molecule is COc1ccccc1C(NC1=NCCS1)c1cccc(C(N)=O)c1. The third-order valence-electron chi connectivity index (χ3n) is 3.81. The fourth-order valence-corrected chi connectivity index (χ4v) is 3.42. The van der Waals surface area contributed by atoms with Crippen molar-refractivity contribution in [1.29, 1.82) is 0 Å². The van der Waals surface area contributed by atoms with E-state index in [2.05, 4.69) is 10.3 Å². The quantitative estimate of drug-likeness (QED) is 0.876. The zero-order valence-corrected chi connectivity index (χ0v) is 14.2. The Hall–Kier alpha value is -2.47. The van der Waals surface area contributed by atoms with E-state index in [4.69, 9.17) is 10.5 Å². The summed E-state index contributed by atoms with van der Waals surface area (Å²) in [5.41, 5.74) is 7.83. The van der Waals surface area contributed by atoms with Gasteiger partial charge in [0, 0.05) is 16.9 Å². The summed E-state index contributed by atoms with van der Waals surface area (Å²) < 4.78 is 5.51. The van der Waals surface area contributed by atoms with E-state index in [1.54, 1.807) is 24.9 Å². The third-order valence-corrected chi connectivity index (χ3v) is 4.71. The van der Waals surface area contributed by atoms with Crippen molar-refractivity contribution >= 4 is 22.8 Å². The molecule has 0 radical (unpaired) electrons. The van der Waals surface area contributed by atoms with E-state index in [1.807, 2.05) is 42.5 Å². The lowest BCUT2D eigenvalue weighted by Gasteiger charge is -2.23. The molecule has 124 valence electrons. The van der Waals surface area contributed by atoms with Crippen molar-refractivity contribution in [3.8, 4) is 5.75 Å². The van der Waals surface area contributed by atoms with Gasteiger partial charge in [0.2, 0.25) is 5.91 Å². The van der Waals surface area contributed by atoms with Crippen LogP contribution in [0.1, 0.15) is 27.5 Å². The summed E-state index contributed by atoms with van der Waals surface area (Å²) in [6.07, 6.45) is 0. The highest BCUT2D eigenvalue weighted by molar-refractivity contribution is 8.14. The number of rotatable bonds is 5. The number of thioether (sulfide) groups is 1. The second kappa shape index (κ2) is 7.40. The van der Waals surface area contributed by atoms with Crippen molar-refractivity contribution in [2.45, 2.75) is 6.04 Å². The Bertz CT molecular complexity index is 776. The Kier molecular flexibility index (Phi) is 5.05. The van der Waals surface area contributed by atoms with Gasteiger partial charge in [0.1, 0.15) is 5.75 Å². The van der Waals surface area contributed by atoms with Crippen LogP contribution < -0.4 is 15.8 Å². The molecule has 0 spiro atoms. The van der Waals surface area contributed by atoms with Gasteiger partial charge in [0.25, 0.3) is 0 Å². The topological polar surface area (TPSA) is 76.7 Å². The number of benzene rings is 2. The fraction of sp³-hybridized carbons (Fsp3) is 0.222. The highest BCUT2D eigenvalue weighted by Crippen LogP contribution is 2.31. The normalized spacial score (nSPS) is 14.8. The van der Waals surface area contributed by atoms with E-state index in [0.717, 1.165) is 34.3 Å². The Morgan fingerprint density at radius 3 is 2.83 bits per heavy atom. The molecule has 0 saturated carbocycles. The molecule has 0 aromatic heterocycles. The van der Waals surface area contributed by atoms with E-state index in [-0.39, 0.29) is 6.04 Å². The Labute approximate surface area is 145 Å². The van der Waals surface area contributed by atoms with Crippen molar-refractivity contribution in [1.82, 2.24) is 5.32 Å². The van der Waals surface area contributed by atoms with Gasteiger partial charge in [-0.3, -0.25) is 9.79 Å². The molecule has 2 aromatic carbocycles. The number of nitrogens with two attached hydrogens (primary N) is 1. The molecule has 0 aliphatic carbocycles. The van der Waals surface area contributed by atoms with Crippen LogP contribution in [0.25, 0.3) is 0 Å². The third kappa shape index (κ3) is 3.54. The van der Waals surface area contributed by atoms with Crippen molar-refractivity contribution in [3.05, 3.63) is 65.2 Å². The number of amidine groups is 1. The number of para-hydroxylation sites is 1. The molecule has 24 heavy (non-hydrogen) atoms. The number of nitrogens with one attached hydrogen (secondary N) is 1. The monoisotopic (exact) mass is 341 g/mol. The highest BCUT2D eigenvalue weighted by Gasteiger charge is 2.21. The molecular formula is C18H19N3O2S. The largest absolute Gasteiger partial charge is 0.496 e. The molecule has 0 bridgehead atoms. The molecule has 1 heterocycles. The number of nitrogens with zero attached hydrogens (tertiary/aromatic N) is 1. The van der Waals surface area contributed by atoms with Gasteiger partial charge in [0.05, 0.1) is 19.7 Å². The Morgan fingerprint density at radius 1 is 1.29 bits per heavy atom. The van der Waals surface area contributed by atoms with Crippen LogP contribution >= 0.6 is 11.8 Å². The minimum absolute atomic E-state index is 0.176. The number of methoxy groups -OCH3 is 1. The van der Waals surface area contributed by atoms with E-state index in [1.165, 1.54) is 0 Å². The van der Waals surface area contributed by atoms with Gasteiger partial charge in [-0.15, -0.1) is 0 Å². The number of carbonyl (C=O) groups is 1. The lowest BCUT2D eigenvalue weighted by atomic mass is 9.96. The first-order valence-corrected chi connectivity index (χ1v) is 8.64. The van der Waals surface area contributed by atoms with Gasteiger partial charge >= 0.3 is 0 Å². The number of amides is 1. The van der Waals surface area contributed by atoms with Gasteiger partial charge in [0.15, 0.2) is 5.17 Å². The van der Waals surface area contributed by atoms with Crippen LogP contribution in [0.2, 0.25) is 0 Å². The van der Waals surface area contributed by atoms with Crippen molar-refractivity contribution in [2.75, 3.05) is 19.4 Å². The first kappa shape index (κ1) is 16.4. The predicted octanol–water partition coefficient (Wildman–Crippen LogP) is 2.58. The van der Waals surface area contributed by atoms with Crippen molar-refractivity contribution in [3.63, 3.8) is 0 Å². The molecule has 1 aliphatic rings. The number of carbonyl (C=O) groups excluding carboxylic acids is 1. The van der Waals surface area contributed by atoms with Crippen LogP contribution in [0.15, 0.2) is 53.5 Å². The molecule has 0 fully saturated rings. The smallest absolute Gasteiger partial charge is 0.248 e. The fourth-order valence-electron chi connectivity index (χ4n) is 2.66. The molecule has 1 atom stereocenters. The zero-order chi connectivity index (χ0) is 16.9. The van der Waals surface area contributed by atoms with Crippen LogP contribution in [-0.2, 0) is 0 Å². The Morgan fingerprint density at radius 2 is 2.12 bits per heavy atom. The number of ether oxygens (including phenoxy) is 1. The van der Waals surface area contributed by atoms with Crippen LogP contribution in [-0.4, -0.2) is 30.5 Å². The maximum Gasteiger partial charge on any atom is 0.248 e. The van der Waals surface area contributed by atoms with Gasteiger partial charge in [-0.1, -0.05) is 42.1 Å². The maximum absolute atomic E-state index is 11.5. The lowest BCUT2D eigenvalue weighted by Crippen LogP contribution is -2.27. The summed E-state index contributed by atoms with van der Waals surface area (Å²) in [4.78, 5) is 16.0. The second-order valence-electron chi connectivity index (χ2n) is 5.34. The molecule has 1 unspecified atom stereocenters. The molecule has 6 heteroatoms. The van der Waals surface area contributed by atoms with E-state index < -0.39 is 5.91 Å². The number of hydrogen-bond donors (Lipinski definition) is 2. The van der Waals surface area contributed by atoms with Gasteiger partial charge < -0.3 is 15.8 Å². The van der Waals surface area contributed by atoms with E-state index >= 15 is 0 Å². The number of primary amides is 1. The van der Waals surface area contributed by atoms with Crippen LogP contribution in [0.3, 0.4) is 0 Å². The average Bonchev–Trinajstić information content (AvgIpc) is 3.13. The van der Waals surface area contributed by atoms with Crippen LogP contribution in [0.4, 0.5) is 0 Å². The van der Waals surface area contributed by atoms with Crippen LogP contribution in [0, 0.1) is 0 Å². The first-order valence-electron chi connectivity index (χ1n) is 7.65. The second-order valence-corrected chi connectivity index (χ2v) is 6.43. The summed E-state index contributed by atoms with van der Waals surface area (Å²) in [7, 11) is 1.65. The molecule has 3 rings (SSSR count). The summed E-state index contributed by atoms with van der Waals surface area (Å²) in [6.45, 7) is 0.812. The molecular weight excluding hydrogens is 322 g/mol. The first-order chi connectivity index (χ1) is 11.7. The minimum Gasteiger partial charge on any atom is -0.496 e. The molecule has 2 aromatic rings. The number of hydrogen-bond acceptors (Lipinski definition) is 5. The van der Waals surface area contributed by atoms with E-state index in [0.29, 0.717) is 5.56 Å². The minimum atomic E-state index is -0.441. The average molecular weight is 341 g/mol. The molecule has 1 aliphatic heterocycles. The van der Waals surface area contributed by atoms with Gasteiger partial charge in [-0.05, 0) is 23.8 Å². The standard InChI is InChI=1S/C18H19N3O2S/c1-23-15-8-3-2-7-14(15)16(21-18-20-9-10-24-18)12-5-4-6-13(11-12)17(19)22/h2-8,11,16H,9-10H2,1H3,(H2,19,22)(H,20,21). The number of aliphatic imine (C=N–C) groups is 1. The van der Waals surface area contributed by atoms with Gasteiger partial charge in [-0.2, -0.15) is 0 Å². The van der Waals surface area contributed by atoms with E-state index in [9.17, 15) is 4.79 Å². The summed E-state index contributed by atoms with van der Waals surface area (Å²) in [5, 5.41) is 4.37. The Balaban J connectivity index is 2.04. The summed E-state index contributed by atoms with van der Waals surface area (Å²) >= 11 is 1.69. The highest BCUT2D eigenvalue weighted by atomic mass is 32.2.